The summed E-state index contributed by atoms with van der Waals surface area (Å²) in [7, 11) is 0. The van der Waals surface area contributed by atoms with Crippen LogP contribution in [0, 0.1) is 0 Å². The number of aromatic nitrogens is 4. The lowest BCUT2D eigenvalue weighted by atomic mass is 9.93. The van der Waals surface area contributed by atoms with E-state index in [1.54, 1.807) is 4.80 Å². The van der Waals surface area contributed by atoms with Gasteiger partial charge in [-0.05, 0) is 18.1 Å². The summed E-state index contributed by atoms with van der Waals surface area (Å²) in [5.74, 6) is 0.619. The van der Waals surface area contributed by atoms with Gasteiger partial charge in [-0.1, -0.05) is 43.2 Å². The number of nitrogens with zero attached hydrogens (tertiary/aromatic N) is 4. The molecule has 1 aliphatic carbocycles. The number of hydrogen-bond acceptors (Lipinski definition) is 4. The molecule has 5 nitrogen and oxygen atoms in total. The molecule has 1 aromatic heterocycles. The van der Waals surface area contributed by atoms with Gasteiger partial charge in [-0.2, -0.15) is 4.80 Å². The van der Waals surface area contributed by atoms with Crippen LogP contribution in [0.25, 0.3) is 11.4 Å². The summed E-state index contributed by atoms with van der Waals surface area (Å²) in [6.45, 7) is 0. The molecular formula is C13H16N4O. The molecular weight excluding hydrogens is 228 g/mol. The summed E-state index contributed by atoms with van der Waals surface area (Å²) < 4.78 is 0. The summed E-state index contributed by atoms with van der Waals surface area (Å²) in [6.07, 6.45) is 3.59. The Kier molecular flexibility index (Phi) is 3.06. The van der Waals surface area contributed by atoms with E-state index in [2.05, 4.69) is 15.4 Å². The molecule has 1 aromatic carbocycles. The zero-order valence-corrected chi connectivity index (χ0v) is 10.1. The van der Waals surface area contributed by atoms with Crippen molar-refractivity contribution in [3.8, 4) is 11.4 Å². The number of hydrogen-bond donors (Lipinski definition) is 1. The minimum absolute atomic E-state index is 0.0243. The lowest BCUT2D eigenvalue weighted by Crippen LogP contribution is -2.29. The molecule has 1 heterocycles. The van der Waals surface area contributed by atoms with Crippen molar-refractivity contribution in [2.45, 2.75) is 37.8 Å². The number of aliphatic hydroxyl groups is 1. The molecule has 3 rings (SSSR count). The van der Waals surface area contributed by atoms with Crippen molar-refractivity contribution in [1.29, 1.82) is 0 Å². The van der Waals surface area contributed by atoms with Crippen LogP contribution >= 0.6 is 0 Å². The third kappa shape index (κ3) is 2.13. The van der Waals surface area contributed by atoms with Gasteiger partial charge in [0.2, 0.25) is 5.82 Å². The first kappa shape index (κ1) is 11.3. The highest BCUT2D eigenvalue weighted by Crippen LogP contribution is 2.27. The highest BCUT2D eigenvalue weighted by molar-refractivity contribution is 5.52. The summed E-state index contributed by atoms with van der Waals surface area (Å²) in [5.41, 5.74) is 0.953. The minimum Gasteiger partial charge on any atom is -0.391 e. The molecule has 5 heteroatoms. The topological polar surface area (TPSA) is 63.8 Å². The van der Waals surface area contributed by atoms with Gasteiger partial charge in [0.05, 0.1) is 12.1 Å². The highest BCUT2D eigenvalue weighted by atomic mass is 16.3. The van der Waals surface area contributed by atoms with E-state index in [1.165, 1.54) is 0 Å². The Hall–Kier alpha value is -1.75. The molecule has 94 valence electrons. The lowest BCUT2D eigenvalue weighted by Gasteiger charge is -2.25. The first-order valence-electron chi connectivity index (χ1n) is 6.37. The Balaban J connectivity index is 1.85. The standard InChI is InChI=1S/C13H16N4O/c18-12-9-5-4-8-11(12)17-15-13(14-16-17)10-6-2-1-3-7-10/h1-3,6-7,11-12,18H,4-5,8-9H2/t11-,12-/m1/s1. The fourth-order valence-corrected chi connectivity index (χ4v) is 2.43. The fraction of sp³-hybridized carbons (Fsp3) is 0.462. The van der Waals surface area contributed by atoms with Gasteiger partial charge in [0.15, 0.2) is 0 Å². The van der Waals surface area contributed by atoms with E-state index in [0.29, 0.717) is 5.82 Å². The molecule has 2 atom stereocenters. The van der Waals surface area contributed by atoms with Gasteiger partial charge in [0.25, 0.3) is 0 Å². The van der Waals surface area contributed by atoms with Crippen LogP contribution < -0.4 is 0 Å². The highest BCUT2D eigenvalue weighted by Gasteiger charge is 2.26. The molecule has 2 aromatic rings. The molecule has 0 saturated heterocycles. The van der Waals surface area contributed by atoms with E-state index in [9.17, 15) is 5.11 Å². The maximum atomic E-state index is 9.97. The second-order valence-electron chi connectivity index (χ2n) is 4.72. The largest absolute Gasteiger partial charge is 0.391 e. The van der Waals surface area contributed by atoms with Crippen molar-refractivity contribution in [3.05, 3.63) is 30.3 Å². The van der Waals surface area contributed by atoms with Gasteiger partial charge >= 0.3 is 0 Å². The average Bonchev–Trinajstić information content (AvgIpc) is 2.90. The molecule has 0 aliphatic heterocycles. The second-order valence-corrected chi connectivity index (χ2v) is 4.72. The summed E-state index contributed by atoms with van der Waals surface area (Å²) in [5, 5.41) is 22.5. The van der Waals surface area contributed by atoms with Crippen LogP contribution in [0.15, 0.2) is 30.3 Å². The van der Waals surface area contributed by atoms with E-state index in [0.717, 1.165) is 31.2 Å². The van der Waals surface area contributed by atoms with Crippen LogP contribution in [0.2, 0.25) is 0 Å². The van der Waals surface area contributed by atoms with E-state index >= 15 is 0 Å². The van der Waals surface area contributed by atoms with Crippen LogP contribution in [0.5, 0.6) is 0 Å². The zero-order valence-electron chi connectivity index (χ0n) is 10.1. The lowest BCUT2D eigenvalue weighted by molar-refractivity contribution is 0.0614. The van der Waals surface area contributed by atoms with E-state index in [1.807, 2.05) is 30.3 Å². The van der Waals surface area contributed by atoms with Crippen LogP contribution in [0.3, 0.4) is 0 Å². The van der Waals surface area contributed by atoms with Crippen molar-refractivity contribution in [2.75, 3.05) is 0 Å². The van der Waals surface area contributed by atoms with Crippen molar-refractivity contribution in [2.24, 2.45) is 0 Å². The normalized spacial score (nSPS) is 24.1. The average molecular weight is 244 g/mol. The molecule has 1 saturated carbocycles. The fourth-order valence-electron chi connectivity index (χ4n) is 2.43. The third-order valence-corrected chi connectivity index (χ3v) is 3.45. The summed E-state index contributed by atoms with van der Waals surface area (Å²) in [4.78, 5) is 1.58. The zero-order chi connectivity index (χ0) is 12.4. The molecule has 1 N–H and O–H groups in total. The number of aliphatic hydroxyl groups excluding tert-OH is 1. The first-order chi connectivity index (χ1) is 8.84. The van der Waals surface area contributed by atoms with Crippen molar-refractivity contribution in [3.63, 3.8) is 0 Å². The third-order valence-electron chi connectivity index (χ3n) is 3.45. The second kappa shape index (κ2) is 4.86. The summed E-state index contributed by atoms with van der Waals surface area (Å²) in [6, 6.07) is 9.75. The molecule has 0 radical (unpaired) electrons. The number of rotatable bonds is 2. The van der Waals surface area contributed by atoms with E-state index < -0.39 is 0 Å². The predicted octanol–water partition coefficient (Wildman–Crippen LogP) is 1.82. The molecule has 0 amide bonds. The SMILES string of the molecule is O[C@@H]1CCCC[C@H]1n1nnc(-c2ccccc2)n1. The van der Waals surface area contributed by atoms with Gasteiger partial charge in [-0.15, -0.1) is 10.2 Å². The van der Waals surface area contributed by atoms with Gasteiger partial charge in [-0.3, -0.25) is 0 Å². The minimum atomic E-state index is -0.350. The molecule has 1 aliphatic rings. The Morgan fingerprint density at radius 1 is 1.11 bits per heavy atom. The van der Waals surface area contributed by atoms with Crippen molar-refractivity contribution < 1.29 is 5.11 Å². The number of tetrazole rings is 1. The van der Waals surface area contributed by atoms with E-state index in [-0.39, 0.29) is 12.1 Å². The maximum Gasteiger partial charge on any atom is 0.204 e. The van der Waals surface area contributed by atoms with Gasteiger partial charge in [0, 0.05) is 5.56 Å². The van der Waals surface area contributed by atoms with Crippen LogP contribution in [0.4, 0.5) is 0 Å². The summed E-state index contributed by atoms with van der Waals surface area (Å²) >= 11 is 0. The van der Waals surface area contributed by atoms with Crippen LogP contribution in [0.1, 0.15) is 31.7 Å². The molecule has 1 fully saturated rings. The maximum absolute atomic E-state index is 9.97. The molecule has 0 unspecified atom stereocenters. The van der Waals surface area contributed by atoms with Crippen molar-refractivity contribution >= 4 is 0 Å². The predicted molar refractivity (Wildman–Crippen MR) is 66.8 cm³/mol. The van der Waals surface area contributed by atoms with Gasteiger partial charge in [0.1, 0.15) is 0 Å². The van der Waals surface area contributed by atoms with Crippen LogP contribution in [-0.4, -0.2) is 31.4 Å². The Bertz CT molecular complexity index is 511. The van der Waals surface area contributed by atoms with Gasteiger partial charge < -0.3 is 5.11 Å². The van der Waals surface area contributed by atoms with E-state index in [4.69, 9.17) is 0 Å². The quantitative estimate of drug-likeness (QED) is 0.875. The van der Waals surface area contributed by atoms with Crippen molar-refractivity contribution in [1.82, 2.24) is 20.2 Å². The smallest absolute Gasteiger partial charge is 0.204 e. The molecule has 0 spiro atoms. The molecule has 0 bridgehead atoms. The Labute approximate surface area is 105 Å². The number of benzene rings is 1. The van der Waals surface area contributed by atoms with Crippen LogP contribution in [-0.2, 0) is 0 Å². The molecule has 18 heavy (non-hydrogen) atoms. The Morgan fingerprint density at radius 3 is 2.67 bits per heavy atom. The van der Waals surface area contributed by atoms with Gasteiger partial charge in [-0.25, -0.2) is 0 Å². The Morgan fingerprint density at radius 2 is 1.89 bits per heavy atom. The first-order valence-corrected chi connectivity index (χ1v) is 6.37. The monoisotopic (exact) mass is 244 g/mol.